The average Bonchev–Trinajstić information content (AvgIpc) is 3.18. The molecular weight excluding hydrogens is 336 g/mol. The normalized spacial score (nSPS) is 11.1. The Morgan fingerprint density at radius 2 is 1.59 bits per heavy atom. The standard InChI is InChI=1S/C22H16N4O/c1-27-19-10-8-16(9-11-19)21-24-22-23-13-12-20(26(22)25-21)18-7-6-15-4-2-3-5-17(15)14-18/h2-14H,1H3. The molecule has 0 aliphatic rings. The van der Waals surface area contributed by atoms with Crippen molar-refractivity contribution >= 4 is 16.6 Å². The summed E-state index contributed by atoms with van der Waals surface area (Å²) in [5, 5.41) is 7.10. The number of ether oxygens (including phenoxy) is 1. The number of hydrogen-bond donors (Lipinski definition) is 0. The van der Waals surface area contributed by atoms with Crippen LogP contribution in [-0.2, 0) is 0 Å². The predicted molar refractivity (Wildman–Crippen MR) is 106 cm³/mol. The van der Waals surface area contributed by atoms with Gasteiger partial charge in [-0.3, -0.25) is 0 Å². The second-order valence-corrected chi connectivity index (χ2v) is 6.27. The van der Waals surface area contributed by atoms with Crippen molar-refractivity contribution < 1.29 is 4.74 Å². The average molecular weight is 352 g/mol. The Balaban J connectivity index is 1.65. The third kappa shape index (κ3) is 2.69. The van der Waals surface area contributed by atoms with Crippen molar-refractivity contribution in [2.45, 2.75) is 0 Å². The van der Waals surface area contributed by atoms with Crippen LogP contribution in [0.1, 0.15) is 0 Å². The van der Waals surface area contributed by atoms with E-state index in [-0.39, 0.29) is 0 Å². The van der Waals surface area contributed by atoms with Gasteiger partial charge in [-0.05, 0) is 47.2 Å². The zero-order valence-corrected chi connectivity index (χ0v) is 14.7. The van der Waals surface area contributed by atoms with Crippen LogP contribution in [0, 0.1) is 0 Å². The molecule has 3 aromatic carbocycles. The lowest BCUT2D eigenvalue weighted by atomic mass is 10.1. The maximum atomic E-state index is 5.22. The van der Waals surface area contributed by atoms with Gasteiger partial charge in [0.2, 0.25) is 0 Å². The van der Waals surface area contributed by atoms with Crippen LogP contribution in [0.5, 0.6) is 5.75 Å². The third-order valence-corrected chi connectivity index (χ3v) is 4.63. The van der Waals surface area contributed by atoms with Gasteiger partial charge in [-0.1, -0.05) is 36.4 Å². The molecular formula is C22H16N4O. The van der Waals surface area contributed by atoms with Crippen molar-refractivity contribution in [1.82, 2.24) is 19.6 Å². The first kappa shape index (κ1) is 15.5. The van der Waals surface area contributed by atoms with Gasteiger partial charge < -0.3 is 4.74 Å². The van der Waals surface area contributed by atoms with Gasteiger partial charge >= 0.3 is 0 Å². The lowest BCUT2D eigenvalue weighted by molar-refractivity contribution is 0.415. The summed E-state index contributed by atoms with van der Waals surface area (Å²) in [4.78, 5) is 8.96. The summed E-state index contributed by atoms with van der Waals surface area (Å²) < 4.78 is 7.01. The summed E-state index contributed by atoms with van der Waals surface area (Å²) in [6, 6.07) is 24.4. The Hall–Kier alpha value is -3.73. The van der Waals surface area contributed by atoms with Crippen LogP contribution in [0.3, 0.4) is 0 Å². The molecule has 0 amide bonds. The van der Waals surface area contributed by atoms with Gasteiger partial charge in [0.15, 0.2) is 5.82 Å². The van der Waals surface area contributed by atoms with Crippen LogP contribution in [0.4, 0.5) is 0 Å². The Bertz CT molecular complexity index is 1260. The second kappa shape index (κ2) is 6.21. The summed E-state index contributed by atoms with van der Waals surface area (Å²) >= 11 is 0. The molecule has 0 aliphatic heterocycles. The summed E-state index contributed by atoms with van der Waals surface area (Å²) in [5.41, 5.74) is 2.95. The van der Waals surface area contributed by atoms with E-state index in [9.17, 15) is 0 Å². The molecule has 0 unspecified atom stereocenters. The topological polar surface area (TPSA) is 52.3 Å². The van der Waals surface area contributed by atoms with Crippen LogP contribution >= 0.6 is 0 Å². The van der Waals surface area contributed by atoms with E-state index in [0.717, 1.165) is 22.6 Å². The molecule has 5 rings (SSSR count). The zero-order valence-electron chi connectivity index (χ0n) is 14.7. The summed E-state index contributed by atoms with van der Waals surface area (Å²) in [6.07, 6.45) is 1.77. The Kier molecular flexibility index (Phi) is 3.57. The first-order valence-corrected chi connectivity index (χ1v) is 8.67. The number of fused-ring (bicyclic) bond motifs is 2. The summed E-state index contributed by atoms with van der Waals surface area (Å²) in [6.45, 7) is 0. The molecule has 5 heteroatoms. The van der Waals surface area contributed by atoms with E-state index in [4.69, 9.17) is 9.84 Å². The minimum atomic E-state index is 0.575. The highest BCUT2D eigenvalue weighted by Gasteiger charge is 2.12. The highest BCUT2D eigenvalue weighted by Crippen LogP contribution is 2.26. The SMILES string of the molecule is COc1ccc(-c2nc3nccc(-c4ccc5ccccc5c4)n3n2)cc1. The molecule has 0 N–H and O–H groups in total. The van der Waals surface area contributed by atoms with E-state index in [0.29, 0.717) is 11.6 Å². The fourth-order valence-electron chi connectivity index (χ4n) is 3.22. The fraction of sp³-hybridized carbons (Fsp3) is 0.0455. The van der Waals surface area contributed by atoms with E-state index >= 15 is 0 Å². The van der Waals surface area contributed by atoms with Crippen molar-refractivity contribution in [3.8, 4) is 28.4 Å². The number of methoxy groups -OCH3 is 1. The Morgan fingerprint density at radius 3 is 2.41 bits per heavy atom. The zero-order chi connectivity index (χ0) is 18.2. The number of benzene rings is 3. The molecule has 5 nitrogen and oxygen atoms in total. The number of nitrogens with zero attached hydrogens (tertiary/aromatic N) is 4. The molecule has 5 aromatic rings. The van der Waals surface area contributed by atoms with E-state index in [1.54, 1.807) is 17.8 Å². The first-order valence-electron chi connectivity index (χ1n) is 8.67. The predicted octanol–water partition coefficient (Wildman–Crippen LogP) is 4.62. The number of hydrogen-bond acceptors (Lipinski definition) is 4. The lowest BCUT2D eigenvalue weighted by Crippen LogP contribution is -1.96. The minimum Gasteiger partial charge on any atom is -0.497 e. The molecule has 0 saturated heterocycles. The molecule has 0 radical (unpaired) electrons. The molecule has 0 bridgehead atoms. The van der Waals surface area contributed by atoms with Gasteiger partial charge in [-0.2, -0.15) is 9.50 Å². The van der Waals surface area contributed by atoms with Crippen LogP contribution < -0.4 is 4.74 Å². The van der Waals surface area contributed by atoms with Gasteiger partial charge in [0.25, 0.3) is 5.78 Å². The van der Waals surface area contributed by atoms with Crippen molar-refractivity contribution in [3.63, 3.8) is 0 Å². The van der Waals surface area contributed by atoms with E-state index in [2.05, 4.69) is 40.3 Å². The molecule has 27 heavy (non-hydrogen) atoms. The largest absolute Gasteiger partial charge is 0.497 e. The number of rotatable bonds is 3. The molecule has 2 heterocycles. The fourth-order valence-corrected chi connectivity index (χ4v) is 3.22. The van der Waals surface area contributed by atoms with Gasteiger partial charge in [0.1, 0.15) is 5.75 Å². The maximum Gasteiger partial charge on any atom is 0.253 e. The summed E-state index contributed by atoms with van der Waals surface area (Å²) in [5.74, 6) is 2.02. The Labute approximate surface area is 155 Å². The van der Waals surface area contributed by atoms with Crippen molar-refractivity contribution in [3.05, 3.63) is 79.0 Å². The molecule has 2 aromatic heterocycles. The van der Waals surface area contributed by atoms with Crippen molar-refractivity contribution in [2.75, 3.05) is 7.11 Å². The molecule has 0 spiro atoms. The number of aromatic nitrogens is 4. The van der Waals surface area contributed by atoms with Gasteiger partial charge in [-0.25, -0.2) is 4.98 Å². The van der Waals surface area contributed by atoms with Crippen molar-refractivity contribution in [2.24, 2.45) is 0 Å². The van der Waals surface area contributed by atoms with E-state index in [1.807, 2.05) is 42.5 Å². The van der Waals surface area contributed by atoms with Gasteiger partial charge in [0, 0.05) is 17.3 Å². The van der Waals surface area contributed by atoms with Crippen LogP contribution in [0.2, 0.25) is 0 Å². The van der Waals surface area contributed by atoms with Crippen LogP contribution in [0.15, 0.2) is 79.0 Å². The smallest absolute Gasteiger partial charge is 0.253 e. The lowest BCUT2D eigenvalue weighted by Gasteiger charge is -2.05. The Morgan fingerprint density at radius 1 is 0.815 bits per heavy atom. The molecule has 0 aliphatic carbocycles. The minimum absolute atomic E-state index is 0.575. The highest BCUT2D eigenvalue weighted by molar-refractivity contribution is 5.87. The molecule has 0 atom stereocenters. The monoisotopic (exact) mass is 352 g/mol. The van der Waals surface area contributed by atoms with Crippen LogP contribution in [-0.4, -0.2) is 26.7 Å². The quantitative estimate of drug-likeness (QED) is 0.475. The third-order valence-electron chi connectivity index (χ3n) is 4.63. The van der Waals surface area contributed by atoms with E-state index in [1.165, 1.54) is 10.8 Å². The van der Waals surface area contributed by atoms with Gasteiger partial charge in [-0.15, -0.1) is 5.10 Å². The maximum absolute atomic E-state index is 5.22. The highest BCUT2D eigenvalue weighted by atomic mass is 16.5. The van der Waals surface area contributed by atoms with Crippen molar-refractivity contribution in [1.29, 1.82) is 0 Å². The van der Waals surface area contributed by atoms with E-state index < -0.39 is 0 Å². The first-order chi connectivity index (χ1) is 13.3. The van der Waals surface area contributed by atoms with Gasteiger partial charge in [0.05, 0.1) is 12.8 Å². The molecule has 0 fully saturated rings. The summed E-state index contributed by atoms with van der Waals surface area (Å²) in [7, 11) is 1.65. The second-order valence-electron chi connectivity index (χ2n) is 6.27. The molecule has 0 saturated carbocycles. The molecule has 130 valence electrons. The van der Waals surface area contributed by atoms with Crippen LogP contribution in [0.25, 0.3) is 39.2 Å².